The van der Waals surface area contributed by atoms with Gasteiger partial charge in [-0.05, 0) is 11.8 Å². The lowest BCUT2D eigenvalue weighted by molar-refractivity contribution is -0.393. The molecule has 0 unspecified atom stereocenters. The predicted octanol–water partition coefficient (Wildman–Crippen LogP) is 0.785. The van der Waals surface area contributed by atoms with Crippen LogP contribution in [-0.4, -0.2) is 21.1 Å². The van der Waals surface area contributed by atoms with Gasteiger partial charge in [-0.3, -0.25) is 0 Å². The third-order valence-corrected chi connectivity index (χ3v) is 1.31. The number of nitro groups is 1. The molecular weight excluding hydrogens is 162 g/mol. The first-order valence-electron chi connectivity index (χ1n) is 3.48. The molecular formula is C6H9N3O3. The number of imidazole rings is 1. The van der Waals surface area contributed by atoms with Gasteiger partial charge in [0, 0.05) is 6.61 Å². The zero-order valence-electron chi connectivity index (χ0n) is 6.64. The summed E-state index contributed by atoms with van der Waals surface area (Å²) in [6, 6.07) is 0. The van der Waals surface area contributed by atoms with E-state index in [9.17, 15) is 10.1 Å². The molecule has 66 valence electrons. The molecule has 0 saturated heterocycles. The Morgan fingerprint density at radius 3 is 3.17 bits per heavy atom. The third kappa shape index (κ3) is 1.79. The van der Waals surface area contributed by atoms with E-state index in [-0.39, 0.29) is 12.5 Å². The summed E-state index contributed by atoms with van der Waals surface area (Å²) in [5, 5.41) is 10.3. The summed E-state index contributed by atoms with van der Waals surface area (Å²) in [6.07, 6.45) is 2.56. The molecule has 0 radical (unpaired) electrons. The standard InChI is InChI=1S/C6H9N3O3/c1-2-12-5-8-4-7-3-6(8)9(10)11/h3-4H,2,5H2,1H3. The lowest BCUT2D eigenvalue weighted by Gasteiger charge is -1.99. The van der Waals surface area contributed by atoms with Crippen LogP contribution in [0.5, 0.6) is 0 Å². The molecule has 0 N–H and O–H groups in total. The lowest BCUT2D eigenvalue weighted by atomic mass is 10.7. The van der Waals surface area contributed by atoms with Crippen LogP contribution in [0.3, 0.4) is 0 Å². The Hall–Kier alpha value is -1.43. The molecule has 1 aromatic rings. The molecule has 0 aliphatic rings. The highest BCUT2D eigenvalue weighted by Crippen LogP contribution is 2.08. The highest BCUT2D eigenvalue weighted by molar-refractivity contribution is 5.13. The SMILES string of the molecule is CCOCn1cncc1[N+](=O)[O-]. The van der Waals surface area contributed by atoms with Gasteiger partial charge in [0.1, 0.15) is 6.20 Å². The first-order chi connectivity index (χ1) is 5.75. The van der Waals surface area contributed by atoms with Crippen LogP contribution in [-0.2, 0) is 11.5 Å². The first-order valence-corrected chi connectivity index (χ1v) is 3.48. The second-order valence-corrected chi connectivity index (χ2v) is 2.10. The third-order valence-electron chi connectivity index (χ3n) is 1.31. The monoisotopic (exact) mass is 171 g/mol. The summed E-state index contributed by atoms with van der Waals surface area (Å²) in [7, 11) is 0. The van der Waals surface area contributed by atoms with Crippen LogP contribution in [0.4, 0.5) is 5.82 Å². The zero-order chi connectivity index (χ0) is 8.97. The average Bonchev–Trinajstić information content (AvgIpc) is 2.48. The van der Waals surface area contributed by atoms with Gasteiger partial charge in [-0.1, -0.05) is 0 Å². The number of ether oxygens (including phenoxy) is 1. The van der Waals surface area contributed by atoms with Crippen molar-refractivity contribution >= 4 is 5.82 Å². The van der Waals surface area contributed by atoms with Crippen LogP contribution in [0.2, 0.25) is 0 Å². The molecule has 0 bridgehead atoms. The van der Waals surface area contributed by atoms with Gasteiger partial charge >= 0.3 is 5.82 Å². The van der Waals surface area contributed by atoms with Crippen molar-refractivity contribution < 1.29 is 9.66 Å². The van der Waals surface area contributed by atoms with Gasteiger partial charge in [-0.2, -0.15) is 4.57 Å². The summed E-state index contributed by atoms with van der Waals surface area (Å²) in [4.78, 5) is 13.5. The summed E-state index contributed by atoms with van der Waals surface area (Å²) in [5.41, 5.74) is 0. The summed E-state index contributed by atoms with van der Waals surface area (Å²) < 4.78 is 6.32. The zero-order valence-corrected chi connectivity index (χ0v) is 6.64. The Balaban J connectivity index is 2.70. The van der Waals surface area contributed by atoms with Gasteiger partial charge in [0.15, 0.2) is 13.1 Å². The molecule has 1 heterocycles. The van der Waals surface area contributed by atoms with E-state index in [1.165, 1.54) is 17.1 Å². The molecule has 0 spiro atoms. The van der Waals surface area contributed by atoms with E-state index in [2.05, 4.69) is 4.98 Å². The van der Waals surface area contributed by atoms with Gasteiger partial charge in [0.25, 0.3) is 0 Å². The maximum Gasteiger partial charge on any atom is 0.344 e. The smallest absolute Gasteiger partial charge is 0.344 e. The van der Waals surface area contributed by atoms with Crippen LogP contribution in [0.1, 0.15) is 6.92 Å². The summed E-state index contributed by atoms with van der Waals surface area (Å²) >= 11 is 0. The molecule has 0 amide bonds. The second kappa shape index (κ2) is 3.82. The molecule has 1 rings (SSSR count). The molecule has 6 heteroatoms. The van der Waals surface area contributed by atoms with Gasteiger partial charge in [0.05, 0.1) is 0 Å². The average molecular weight is 171 g/mol. The minimum atomic E-state index is -0.494. The van der Waals surface area contributed by atoms with Crippen LogP contribution < -0.4 is 0 Å². The molecule has 0 aliphatic heterocycles. The van der Waals surface area contributed by atoms with Gasteiger partial charge < -0.3 is 14.9 Å². The number of hydrogen-bond acceptors (Lipinski definition) is 4. The maximum absolute atomic E-state index is 10.3. The quantitative estimate of drug-likeness (QED) is 0.496. The van der Waals surface area contributed by atoms with Crippen molar-refractivity contribution in [2.75, 3.05) is 6.61 Å². The van der Waals surface area contributed by atoms with Crippen molar-refractivity contribution in [3.8, 4) is 0 Å². The topological polar surface area (TPSA) is 70.2 Å². The van der Waals surface area contributed by atoms with Gasteiger partial charge in [-0.25, -0.2) is 4.98 Å². The Morgan fingerprint density at radius 1 is 1.83 bits per heavy atom. The molecule has 0 atom stereocenters. The van der Waals surface area contributed by atoms with E-state index in [0.717, 1.165) is 0 Å². The van der Waals surface area contributed by atoms with E-state index < -0.39 is 4.92 Å². The Morgan fingerprint density at radius 2 is 2.58 bits per heavy atom. The first kappa shape index (κ1) is 8.66. The predicted molar refractivity (Wildman–Crippen MR) is 40.5 cm³/mol. The minimum Gasteiger partial charge on any atom is -0.358 e. The van der Waals surface area contributed by atoms with Crippen LogP contribution >= 0.6 is 0 Å². The normalized spacial score (nSPS) is 10.1. The fraction of sp³-hybridized carbons (Fsp3) is 0.500. The Bertz CT molecular complexity index is 271. The highest BCUT2D eigenvalue weighted by atomic mass is 16.6. The fourth-order valence-corrected chi connectivity index (χ4v) is 0.755. The largest absolute Gasteiger partial charge is 0.358 e. The minimum absolute atomic E-state index is 0.0524. The lowest BCUT2D eigenvalue weighted by Crippen LogP contribution is -2.04. The van der Waals surface area contributed by atoms with Crippen LogP contribution in [0, 0.1) is 10.1 Å². The molecule has 6 nitrogen and oxygen atoms in total. The maximum atomic E-state index is 10.3. The van der Waals surface area contributed by atoms with Crippen LogP contribution in [0.15, 0.2) is 12.5 Å². The molecule has 0 saturated carbocycles. The molecule has 0 aromatic carbocycles. The number of hydrogen-bond donors (Lipinski definition) is 0. The van der Waals surface area contributed by atoms with Crippen molar-refractivity contribution in [2.24, 2.45) is 0 Å². The number of nitrogens with zero attached hydrogens (tertiary/aromatic N) is 3. The van der Waals surface area contributed by atoms with Crippen molar-refractivity contribution in [1.82, 2.24) is 9.55 Å². The molecule has 12 heavy (non-hydrogen) atoms. The fourth-order valence-electron chi connectivity index (χ4n) is 0.755. The van der Waals surface area contributed by atoms with E-state index in [0.29, 0.717) is 6.61 Å². The summed E-state index contributed by atoms with van der Waals surface area (Å²) in [5.74, 6) is -0.0524. The molecule has 1 aromatic heterocycles. The van der Waals surface area contributed by atoms with E-state index in [1.54, 1.807) is 0 Å². The highest BCUT2D eigenvalue weighted by Gasteiger charge is 2.11. The van der Waals surface area contributed by atoms with E-state index in [1.807, 2.05) is 6.92 Å². The second-order valence-electron chi connectivity index (χ2n) is 2.10. The Kier molecular flexibility index (Phi) is 2.76. The summed E-state index contributed by atoms with van der Waals surface area (Å²) in [6.45, 7) is 2.52. The van der Waals surface area contributed by atoms with Crippen molar-refractivity contribution in [2.45, 2.75) is 13.7 Å². The van der Waals surface area contributed by atoms with Crippen LogP contribution in [0.25, 0.3) is 0 Å². The Labute approximate surface area is 68.9 Å². The van der Waals surface area contributed by atoms with Crippen molar-refractivity contribution in [1.29, 1.82) is 0 Å². The van der Waals surface area contributed by atoms with E-state index >= 15 is 0 Å². The van der Waals surface area contributed by atoms with Gasteiger partial charge in [0.2, 0.25) is 0 Å². The van der Waals surface area contributed by atoms with Crippen molar-refractivity contribution in [3.05, 3.63) is 22.6 Å². The number of aromatic nitrogens is 2. The number of rotatable bonds is 4. The van der Waals surface area contributed by atoms with E-state index in [4.69, 9.17) is 4.74 Å². The van der Waals surface area contributed by atoms with Crippen molar-refractivity contribution in [3.63, 3.8) is 0 Å². The molecule has 0 fully saturated rings. The molecule has 0 aliphatic carbocycles. The van der Waals surface area contributed by atoms with Gasteiger partial charge in [-0.15, -0.1) is 0 Å².